The van der Waals surface area contributed by atoms with Crippen LogP contribution in [0.2, 0.25) is 0 Å². The summed E-state index contributed by atoms with van der Waals surface area (Å²) in [6, 6.07) is 8.14. The van der Waals surface area contributed by atoms with Gasteiger partial charge in [-0.1, -0.05) is 6.07 Å². The molecule has 0 aliphatic heterocycles. The maximum atomic E-state index is 13.4. The molecule has 1 aromatic heterocycles. The van der Waals surface area contributed by atoms with Gasteiger partial charge in [0.15, 0.2) is 11.5 Å². The summed E-state index contributed by atoms with van der Waals surface area (Å²) in [5.41, 5.74) is 0.673. The molecular weight excluding hydrogens is 285 g/mol. The van der Waals surface area contributed by atoms with E-state index in [0.29, 0.717) is 11.1 Å². The average Bonchev–Trinajstić information content (AvgIpc) is 2.53. The lowest BCUT2D eigenvalue weighted by molar-refractivity contribution is 0.356. The second-order valence-corrected chi connectivity index (χ2v) is 4.38. The number of methoxy groups -OCH3 is 2. The molecular formula is C16H14FN3O2. The number of halogens is 1. The Bertz CT molecular complexity index is 1010. The van der Waals surface area contributed by atoms with Gasteiger partial charge in [0.25, 0.3) is 0 Å². The van der Waals surface area contributed by atoms with E-state index in [-0.39, 0.29) is 22.8 Å². The fourth-order valence-corrected chi connectivity index (χ4v) is 2.03. The Labute approximate surface area is 135 Å². The van der Waals surface area contributed by atoms with Gasteiger partial charge in [-0.3, -0.25) is 0 Å². The Kier molecular flexibility index (Phi) is 2.27. The highest BCUT2D eigenvalue weighted by atomic mass is 19.1. The van der Waals surface area contributed by atoms with Crippen molar-refractivity contribution in [2.24, 2.45) is 0 Å². The predicted molar refractivity (Wildman–Crippen MR) is 82.3 cm³/mol. The summed E-state index contributed by atoms with van der Waals surface area (Å²) in [5, 5.41) is 3.23. The fourth-order valence-electron chi connectivity index (χ4n) is 2.03. The quantitative estimate of drug-likeness (QED) is 0.799. The Morgan fingerprint density at radius 2 is 1.91 bits per heavy atom. The molecule has 6 heteroatoms. The zero-order valence-corrected chi connectivity index (χ0v) is 11.1. The minimum Gasteiger partial charge on any atom is -0.493 e. The first-order chi connectivity index (χ1) is 13.0. The number of anilines is 2. The van der Waals surface area contributed by atoms with Crippen molar-refractivity contribution < 1.29 is 22.1 Å². The molecule has 3 aromatic rings. The van der Waals surface area contributed by atoms with Crippen molar-refractivity contribution in [3.05, 3.63) is 48.5 Å². The number of ether oxygens (including phenoxy) is 2. The van der Waals surface area contributed by atoms with E-state index >= 15 is 0 Å². The molecule has 0 saturated carbocycles. The molecule has 112 valence electrons. The Morgan fingerprint density at radius 1 is 1.09 bits per heavy atom. The molecule has 0 aliphatic rings. The van der Waals surface area contributed by atoms with E-state index < -0.39 is 19.9 Å². The van der Waals surface area contributed by atoms with Gasteiger partial charge in [-0.2, -0.15) is 0 Å². The van der Waals surface area contributed by atoms with Gasteiger partial charge in [0.1, 0.15) is 18.0 Å². The van der Waals surface area contributed by atoms with E-state index in [1.54, 1.807) is 6.07 Å². The Morgan fingerprint density at radius 3 is 2.68 bits per heavy atom. The number of nitrogens with zero attached hydrogens (tertiary/aromatic N) is 2. The third-order valence-electron chi connectivity index (χ3n) is 3.01. The number of fused-ring (bicyclic) bond motifs is 1. The number of benzene rings is 2. The molecule has 0 aliphatic carbocycles. The van der Waals surface area contributed by atoms with Crippen molar-refractivity contribution >= 4 is 22.4 Å². The molecule has 0 bridgehead atoms. The van der Waals surface area contributed by atoms with Crippen molar-refractivity contribution in [2.75, 3.05) is 19.4 Å². The molecule has 0 unspecified atom stereocenters. The first-order valence-corrected chi connectivity index (χ1v) is 6.20. The third-order valence-corrected chi connectivity index (χ3v) is 3.01. The molecule has 5 nitrogen and oxygen atoms in total. The SMILES string of the molecule is [2H]C([2H])([2H])Oc1cc2ncnc(Nc3cccc(F)c3)c2cc1OC([2H])([2H])[2H]. The molecule has 0 spiro atoms. The van der Waals surface area contributed by atoms with Crippen LogP contribution in [0, 0.1) is 5.82 Å². The van der Waals surface area contributed by atoms with E-state index in [2.05, 4.69) is 15.3 Å². The summed E-state index contributed by atoms with van der Waals surface area (Å²) in [6.07, 6.45) is 1.22. The van der Waals surface area contributed by atoms with Crippen LogP contribution < -0.4 is 14.8 Å². The van der Waals surface area contributed by atoms with Crippen LogP contribution in [0.15, 0.2) is 42.7 Å². The molecule has 0 saturated heterocycles. The van der Waals surface area contributed by atoms with Crippen LogP contribution in [0.4, 0.5) is 15.9 Å². The molecule has 0 atom stereocenters. The molecule has 0 radical (unpaired) electrons. The first kappa shape index (κ1) is 8.53. The van der Waals surface area contributed by atoms with Crippen molar-refractivity contribution in [1.82, 2.24) is 9.97 Å². The number of nitrogens with one attached hydrogen (secondary N) is 1. The molecule has 1 N–H and O–H groups in total. The van der Waals surface area contributed by atoms with Gasteiger partial charge in [0.2, 0.25) is 0 Å². The summed E-state index contributed by atoms with van der Waals surface area (Å²) >= 11 is 0. The summed E-state index contributed by atoms with van der Waals surface area (Å²) < 4.78 is 66.8. The van der Waals surface area contributed by atoms with Crippen LogP contribution >= 0.6 is 0 Å². The first-order valence-electron chi connectivity index (χ1n) is 9.20. The van der Waals surface area contributed by atoms with E-state index in [9.17, 15) is 4.39 Å². The maximum Gasteiger partial charge on any atom is 0.162 e. The van der Waals surface area contributed by atoms with Gasteiger partial charge in [-0.25, -0.2) is 14.4 Å². The van der Waals surface area contributed by atoms with Crippen molar-refractivity contribution in [3.8, 4) is 11.5 Å². The summed E-state index contributed by atoms with van der Waals surface area (Å²) in [4.78, 5) is 8.13. The second-order valence-electron chi connectivity index (χ2n) is 4.38. The summed E-state index contributed by atoms with van der Waals surface area (Å²) in [6.45, 7) is 0. The monoisotopic (exact) mass is 305 g/mol. The lowest BCUT2D eigenvalue weighted by atomic mass is 10.2. The van der Waals surface area contributed by atoms with Crippen LogP contribution in [-0.2, 0) is 0 Å². The zero-order chi connectivity index (χ0) is 20.5. The van der Waals surface area contributed by atoms with Gasteiger partial charge in [-0.05, 0) is 24.3 Å². The van der Waals surface area contributed by atoms with Crippen LogP contribution in [0.1, 0.15) is 8.22 Å². The number of hydrogen-bond acceptors (Lipinski definition) is 5. The standard InChI is InChI=1S/C16H14FN3O2/c1-21-14-7-12-13(8-15(14)22-2)18-9-19-16(12)20-11-5-3-4-10(17)6-11/h3-9H,1-2H3,(H,18,19,20)/i1D3,2D3. The third kappa shape index (κ3) is 2.63. The highest BCUT2D eigenvalue weighted by molar-refractivity contribution is 5.93. The lowest BCUT2D eigenvalue weighted by Gasteiger charge is -2.12. The number of aromatic nitrogens is 2. The normalized spacial score (nSPS) is 15.7. The topological polar surface area (TPSA) is 56.3 Å². The Balaban J connectivity index is 2.10. The van der Waals surface area contributed by atoms with E-state index in [4.69, 9.17) is 17.7 Å². The highest BCUT2D eigenvalue weighted by Crippen LogP contribution is 2.34. The van der Waals surface area contributed by atoms with E-state index in [1.165, 1.54) is 36.7 Å². The summed E-state index contributed by atoms with van der Waals surface area (Å²) in [7, 11) is -5.66. The van der Waals surface area contributed by atoms with Gasteiger partial charge in [0.05, 0.1) is 27.8 Å². The van der Waals surface area contributed by atoms with Gasteiger partial charge < -0.3 is 14.8 Å². The number of rotatable bonds is 4. The van der Waals surface area contributed by atoms with Gasteiger partial charge >= 0.3 is 0 Å². The smallest absolute Gasteiger partial charge is 0.162 e. The zero-order valence-electron chi connectivity index (χ0n) is 17.1. The van der Waals surface area contributed by atoms with Crippen molar-refractivity contribution in [1.29, 1.82) is 0 Å². The molecule has 0 fully saturated rings. The van der Waals surface area contributed by atoms with Gasteiger partial charge in [0, 0.05) is 17.1 Å². The van der Waals surface area contributed by atoms with Crippen molar-refractivity contribution in [3.63, 3.8) is 0 Å². The Hall–Kier alpha value is -2.89. The largest absolute Gasteiger partial charge is 0.493 e. The maximum absolute atomic E-state index is 13.4. The average molecular weight is 305 g/mol. The summed E-state index contributed by atoms with van der Waals surface area (Å²) in [5.74, 6) is -0.839. The van der Waals surface area contributed by atoms with E-state index in [0.717, 1.165) is 0 Å². The van der Waals surface area contributed by atoms with Crippen molar-refractivity contribution in [2.45, 2.75) is 0 Å². The van der Waals surface area contributed by atoms with Crippen LogP contribution in [0.5, 0.6) is 11.5 Å². The van der Waals surface area contributed by atoms with E-state index in [1.807, 2.05) is 0 Å². The van der Waals surface area contributed by atoms with Gasteiger partial charge in [-0.15, -0.1) is 0 Å². The molecule has 1 heterocycles. The lowest BCUT2D eigenvalue weighted by Crippen LogP contribution is -1.98. The highest BCUT2D eigenvalue weighted by Gasteiger charge is 2.11. The van der Waals surface area contributed by atoms with Crippen LogP contribution in [0.25, 0.3) is 10.9 Å². The number of hydrogen-bond donors (Lipinski definition) is 1. The van der Waals surface area contributed by atoms with Crippen LogP contribution in [-0.4, -0.2) is 24.0 Å². The molecule has 0 amide bonds. The predicted octanol–water partition coefficient (Wildman–Crippen LogP) is 3.53. The molecule has 22 heavy (non-hydrogen) atoms. The molecule has 3 rings (SSSR count). The molecule has 2 aromatic carbocycles. The second kappa shape index (κ2) is 5.85. The van der Waals surface area contributed by atoms with Crippen LogP contribution in [0.3, 0.4) is 0 Å². The minimum absolute atomic E-state index is 0.242. The minimum atomic E-state index is -2.84. The fraction of sp³-hybridized carbons (Fsp3) is 0.125.